The molecule has 174 valence electrons. The number of carbonyl (C=O) groups excluding carboxylic acids is 1. The number of thioether (sulfide) groups is 1. The van der Waals surface area contributed by atoms with E-state index in [1.165, 1.54) is 0 Å². The first-order valence-electron chi connectivity index (χ1n) is 10.9. The summed E-state index contributed by atoms with van der Waals surface area (Å²) in [6.07, 6.45) is 0. The van der Waals surface area contributed by atoms with Gasteiger partial charge in [0.05, 0.1) is 18.4 Å². The number of benzene rings is 2. The molecule has 3 aromatic rings. The Morgan fingerprint density at radius 3 is 2.61 bits per heavy atom. The van der Waals surface area contributed by atoms with Crippen LogP contribution in [0.4, 0.5) is 0 Å². The third-order valence-corrected chi connectivity index (χ3v) is 7.30. The van der Waals surface area contributed by atoms with E-state index in [0.29, 0.717) is 18.1 Å². The molecule has 1 aliphatic heterocycles. The first-order chi connectivity index (χ1) is 16.0. The molecule has 1 amide bonds. The first-order valence-corrected chi connectivity index (χ1v) is 12.3. The summed E-state index contributed by atoms with van der Waals surface area (Å²) in [6.45, 7) is 7.59. The maximum atomic E-state index is 13.4. The number of hydrogen-bond acceptors (Lipinski definition) is 6. The fourth-order valence-electron chi connectivity index (χ4n) is 4.02. The molecule has 4 rings (SSSR count). The lowest BCUT2D eigenvalue weighted by Crippen LogP contribution is -2.48. The van der Waals surface area contributed by atoms with Gasteiger partial charge in [-0.25, -0.2) is 0 Å². The van der Waals surface area contributed by atoms with Crippen molar-refractivity contribution < 1.29 is 14.1 Å². The summed E-state index contributed by atoms with van der Waals surface area (Å²) in [5, 5.41) is 4.73. The van der Waals surface area contributed by atoms with E-state index in [1.807, 2.05) is 61.2 Å². The van der Waals surface area contributed by atoms with Gasteiger partial charge >= 0.3 is 0 Å². The van der Waals surface area contributed by atoms with Gasteiger partial charge < -0.3 is 14.2 Å². The minimum absolute atomic E-state index is 0.0804. The highest BCUT2D eigenvalue weighted by atomic mass is 35.5. The Bertz CT molecular complexity index is 1110. The Morgan fingerprint density at radius 1 is 1.15 bits per heavy atom. The maximum Gasteiger partial charge on any atom is 0.255 e. The molecule has 33 heavy (non-hydrogen) atoms. The van der Waals surface area contributed by atoms with E-state index in [0.717, 1.165) is 64.2 Å². The summed E-state index contributed by atoms with van der Waals surface area (Å²) >= 11 is 7.83. The molecule has 2 heterocycles. The monoisotopic (exact) mass is 485 g/mol. The summed E-state index contributed by atoms with van der Waals surface area (Å²) in [7, 11) is 1.67. The van der Waals surface area contributed by atoms with Crippen molar-refractivity contribution in [3.05, 3.63) is 75.6 Å². The number of carbonyl (C=O) groups is 1. The lowest BCUT2D eigenvalue weighted by Gasteiger charge is -2.35. The predicted octanol–water partition coefficient (Wildman–Crippen LogP) is 5.20. The average Bonchev–Trinajstić information content (AvgIpc) is 3.15. The summed E-state index contributed by atoms with van der Waals surface area (Å²) in [6, 6.07) is 13.5. The van der Waals surface area contributed by atoms with Crippen molar-refractivity contribution in [2.75, 3.05) is 33.3 Å². The zero-order valence-electron chi connectivity index (χ0n) is 19.1. The number of aromatic nitrogens is 1. The van der Waals surface area contributed by atoms with Crippen molar-refractivity contribution in [3.8, 4) is 5.75 Å². The van der Waals surface area contributed by atoms with Gasteiger partial charge in [-0.2, -0.15) is 0 Å². The van der Waals surface area contributed by atoms with Crippen LogP contribution in [0.1, 0.15) is 32.9 Å². The number of hydrogen-bond donors (Lipinski definition) is 0. The first kappa shape index (κ1) is 23.7. The second kappa shape index (κ2) is 10.6. The van der Waals surface area contributed by atoms with Crippen molar-refractivity contribution in [1.82, 2.24) is 15.0 Å². The van der Waals surface area contributed by atoms with Crippen LogP contribution in [-0.2, 0) is 12.3 Å². The van der Waals surface area contributed by atoms with Crippen LogP contribution < -0.4 is 4.74 Å². The molecule has 1 fully saturated rings. The highest BCUT2D eigenvalue weighted by Crippen LogP contribution is 2.30. The molecule has 0 N–H and O–H groups in total. The molecule has 0 aliphatic carbocycles. The average molecular weight is 486 g/mol. The molecule has 2 aromatic carbocycles. The Labute approximate surface area is 203 Å². The molecule has 1 aliphatic rings. The van der Waals surface area contributed by atoms with E-state index < -0.39 is 0 Å². The quantitative estimate of drug-likeness (QED) is 0.428. The number of halogens is 1. The van der Waals surface area contributed by atoms with Crippen molar-refractivity contribution in [2.24, 2.45) is 0 Å². The number of aryl methyl sites for hydroxylation is 2. The maximum absolute atomic E-state index is 13.4. The molecule has 1 aromatic heterocycles. The number of ether oxygens (including phenoxy) is 1. The van der Waals surface area contributed by atoms with Gasteiger partial charge in [0, 0.05) is 59.5 Å². The molecular weight excluding hydrogens is 458 g/mol. The van der Waals surface area contributed by atoms with Gasteiger partial charge in [-0.1, -0.05) is 28.9 Å². The van der Waals surface area contributed by atoms with Crippen molar-refractivity contribution in [3.63, 3.8) is 0 Å². The molecule has 0 bridgehead atoms. The van der Waals surface area contributed by atoms with Gasteiger partial charge in [-0.3, -0.25) is 9.69 Å². The number of methoxy groups -OCH3 is 1. The third kappa shape index (κ3) is 5.54. The van der Waals surface area contributed by atoms with E-state index in [1.54, 1.807) is 18.9 Å². The van der Waals surface area contributed by atoms with Crippen molar-refractivity contribution >= 4 is 29.3 Å². The van der Waals surface area contributed by atoms with Gasteiger partial charge in [-0.15, -0.1) is 11.8 Å². The number of amides is 1. The standard InChI is InChI=1S/C25H28ClN3O3S/c1-17-22(18(2)32-27-17)16-33-24-7-5-4-6-21(24)25(30)29-12-10-28(11-13-29)15-19-14-20(26)8-9-23(19)31-3/h4-9,14H,10-13,15-16H2,1-3H3. The van der Waals surface area contributed by atoms with E-state index in [4.69, 9.17) is 20.9 Å². The van der Waals surface area contributed by atoms with Crippen LogP contribution >= 0.6 is 23.4 Å². The number of nitrogens with zero attached hydrogens (tertiary/aromatic N) is 3. The Hall–Kier alpha value is -2.48. The Kier molecular flexibility index (Phi) is 7.63. The van der Waals surface area contributed by atoms with E-state index in [2.05, 4.69) is 10.1 Å². The Morgan fingerprint density at radius 2 is 1.91 bits per heavy atom. The fourth-order valence-corrected chi connectivity index (χ4v) is 5.41. The van der Waals surface area contributed by atoms with E-state index in [-0.39, 0.29) is 5.91 Å². The minimum Gasteiger partial charge on any atom is -0.496 e. The Balaban J connectivity index is 1.39. The summed E-state index contributed by atoms with van der Waals surface area (Å²) < 4.78 is 10.7. The summed E-state index contributed by atoms with van der Waals surface area (Å²) in [4.78, 5) is 18.6. The summed E-state index contributed by atoms with van der Waals surface area (Å²) in [5.74, 6) is 2.47. The lowest BCUT2D eigenvalue weighted by molar-refractivity contribution is 0.0624. The normalized spacial score (nSPS) is 14.5. The van der Waals surface area contributed by atoms with Crippen LogP contribution in [0.25, 0.3) is 0 Å². The van der Waals surface area contributed by atoms with Crippen LogP contribution in [0.3, 0.4) is 0 Å². The van der Waals surface area contributed by atoms with Gasteiger partial charge in [0.15, 0.2) is 0 Å². The van der Waals surface area contributed by atoms with Crippen molar-refractivity contribution in [2.45, 2.75) is 31.0 Å². The van der Waals surface area contributed by atoms with Gasteiger partial charge in [0.25, 0.3) is 5.91 Å². The molecule has 0 unspecified atom stereocenters. The predicted molar refractivity (Wildman–Crippen MR) is 131 cm³/mol. The van der Waals surface area contributed by atoms with E-state index >= 15 is 0 Å². The molecule has 1 saturated heterocycles. The molecule has 0 atom stereocenters. The molecule has 0 saturated carbocycles. The van der Waals surface area contributed by atoms with Gasteiger partial charge in [-0.05, 0) is 44.2 Å². The third-order valence-electron chi connectivity index (χ3n) is 5.97. The summed E-state index contributed by atoms with van der Waals surface area (Å²) in [5.41, 5.74) is 3.80. The number of rotatable bonds is 7. The molecular formula is C25H28ClN3O3S. The molecule has 6 nitrogen and oxygen atoms in total. The van der Waals surface area contributed by atoms with Crippen LogP contribution in [0.2, 0.25) is 5.02 Å². The number of piperazine rings is 1. The highest BCUT2D eigenvalue weighted by Gasteiger charge is 2.24. The van der Waals surface area contributed by atoms with Crippen molar-refractivity contribution in [1.29, 1.82) is 0 Å². The van der Waals surface area contributed by atoms with Gasteiger partial charge in [0.1, 0.15) is 11.5 Å². The van der Waals surface area contributed by atoms with Crippen LogP contribution in [0.5, 0.6) is 5.75 Å². The van der Waals surface area contributed by atoms with Crippen LogP contribution in [0.15, 0.2) is 51.9 Å². The van der Waals surface area contributed by atoms with E-state index in [9.17, 15) is 4.79 Å². The molecule has 0 spiro atoms. The smallest absolute Gasteiger partial charge is 0.255 e. The zero-order valence-corrected chi connectivity index (χ0v) is 20.7. The lowest BCUT2D eigenvalue weighted by atomic mass is 10.1. The minimum atomic E-state index is 0.0804. The largest absolute Gasteiger partial charge is 0.496 e. The second-order valence-electron chi connectivity index (χ2n) is 8.11. The highest BCUT2D eigenvalue weighted by molar-refractivity contribution is 7.98. The molecule has 0 radical (unpaired) electrons. The van der Waals surface area contributed by atoms with Gasteiger partial charge in [0.2, 0.25) is 0 Å². The second-order valence-corrected chi connectivity index (χ2v) is 9.57. The topological polar surface area (TPSA) is 58.8 Å². The molecule has 8 heteroatoms. The van der Waals surface area contributed by atoms with Crippen LogP contribution in [0, 0.1) is 13.8 Å². The fraction of sp³-hybridized carbons (Fsp3) is 0.360. The SMILES string of the molecule is COc1ccc(Cl)cc1CN1CCN(C(=O)c2ccccc2SCc2c(C)noc2C)CC1. The van der Waals surface area contributed by atoms with Crippen LogP contribution in [-0.4, -0.2) is 54.2 Å². The zero-order chi connectivity index (χ0) is 23.4.